The average Bonchev–Trinajstić information content (AvgIpc) is 3.48. The number of nitrogens with zero attached hydrogens (tertiary/aromatic N) is 1. The van der Waals surface area contributed by atoms with Crippen molar-refractivity contribution in [1.29, 1.82) is 0 Å². The van der Waals surface area contributed by atoms with Crippen LogP contribution < -0.4 is 9.62 Å². The van der Waals surface area contributed by atoms with Crippen LogP contribution in [-0.2, 0) is 26.7 Å². The fourth-order valence-electron chi connectivity index (χ4n) is 3.84. The van der Waals surface area contributed by atoms with Gasteiger partial charge in [-0.25, -0.2) is 13.1 Å². The van der Waals surface area contributed by atoms with Crippen LogP contribution >= 0.6 is 11.6 Å². The zero-order chi connectivity index (χ0) is 20.8. The minimum absolute atomic E-state index is 0.134. The number of benzene rings is 2. The Labute approximate surface area is 177 Å². The third kappa shape index (κ3) is 4.20. The number of amides is 1. The summed E-state index contributed by atoms with van der Waals surface area (Å²) in [7, 11) is -3.63. The van der Waals surface area contributed by atoms with Gasteiger partial charge >= 0.3 is 0 Å². The maximum atomic E-state index is 12.8. The largest absolute Gasteiger partial charge is 0.311 e. The minimum Gasteiger partial charge on any atom is -0.311 e. The van der Waals surface area contributed by atoms with E-state index in [9.17, 15) is 13.2 Å². The maximum absolute atomic E-state index is 12.8. The molecule has 1 N–H and O–H groups in total. The Bertz CT molecular complexity index is 1040. The number of fused-ring (bicyclic) bond motifs is 1. The SMILES string of the molecule is CC1(C)CN(C(=O)C2CC2)c2ccc(S(=O)(=O)NCCc3ccc(Cl)cc3)cc21. The number of nitrogens with one attached hydrogen (secondary N) is 1. The van der Waals surface area contributed by atoms with E-state index in [0.29, 0.717) is 24.5 Å². The second-order valence-corrected chi connectivity index (χ2v) is 10.7. The van der Waals surface area contributed by atoms with Gasteiger partial charge in [-0.1, -0.05) is 37.6 Å². The molecule has 154 valence electrons. The van der Waals surface area contributed by atoms with Crippen molar-refractivity contribution < 1.29 is 13.2 Å². The number of anilines is 1. The molecule has 0 bridgehead atoms. The van der Waals surface area contributed by atoms with Gasteiger partial charge in [-0.3, -0.25) is 4.79 Å². The lowest BCUT2D eigenvalue weighted by molar-refractivity contribution is -0.119. The molecule has 5 nitrogen and oxygen atoms in total. The standard InChI is InChI=1S/C22H25ClN2O3S/c1-22(2)14-25(21(26)16-5-6-16)20-10-9-18(13-19(20)22)29(27,28)24-12-11-15-3-7-17(23)8-4-15/h3-4,7-10,13,16,24H,5-6,11-12,14H2,1-2H3. The second kappa shape index (κ2) is 7.42. The first-order valence-electron chi connectivity index (χ1n) is 9.87. The Morgan fingerprint density at radius 3 is 2.52 bits per heavy atom. The van der Waals surface area contributed by atoms with Crippen LogP contribution in [0.15, 0.2) is 47.4 Å². The molecule has 1 amide bonds. The van der Waals surface area contributed by atoms with E-state index < -0.39 is 10.0 Å². The highest BCUT2D eigenvalue weighted by molar-refractivity contribution is 7.89. The molecule has 0 unspecified atom stereocenters. The summed E-state index contributed by atoms with van der Waals surface area (Å²) in [4.78, 5) is 14.7. The summed E-state index contributed by atoms with van der Waals surface area (Å²) < 4.78 is 28.3. The van der Waals surface area contributed by atoms with Crippen molar-refractivity contribution in [2.75, 3.05) is 18.0 Å². The van der Waals surface area contributed by atoms with Gasteiger partial charge in [-0.05, 0) is 60.7 Å². The summed E-state index contributed by atoms with van der Waals surface area (Å²) in [6, 6.07) is 12.5. The normalized spacial score (nSPS) is 18.0. The van der Waals surface area contributed by atoms with Gasteiger partial charge in [0.25, 0.3) is 0 Å². The van der Waals surface area contributed by atoms with Gasteiger partial charge in [-0.15, -0.1) is 0 Å². The summed E-state index contributed by atoms with van der Waals surface area (Å²) in [5, 5.41) is 0.657. The van der Waals surface area contributed by atoms with Gasteiger partial charge in [0.05, 0.1) is 4.90 Å². The quantitative estimate of drug-likeness (QED) is 0.752. The van der Waals surface area contributed by atoms with E-state index in [1.54, 1.807) is 30.3 Å². The van der Waals surface area contributed by atoms with Gasteiger partial charge in [-0.2, -0.15) is 0 Å². The molecule has 0 atom stereocenters. The number of halogens is 1. The van der Waals surface area contributed by atoms with E-state index in [1.807, 2.05) is 17.0 Å². The van der Waals surface area contributed by atoms with Gasteiger partial charge in [0.2, 0.25) is 15.9 Å². The van der Waals surface area contributed by atoms with E-state index in [1.165, 1.54) is 0 Å². The number of carbonyl (C=O) groups excluding carboxylic acids is 1. The van der Waals surface area contributed by atoms with Gasteiger partial charge < -0.3 is 4.90 Å². The van der Waals surface area contributed by atoms with E-state index in [2.05, 4.69) is 18.6 Å². The van der Waals surface area contributed by atoms with Crippen LogP contribution in [0.25, 0.3) is 0 Å². The van der Waals surface area contributed by atoms with E-state index in [-0.39, 0.29) is 22.1 Å². The molecule has 0 aromatic heterocycles. The fraction of sp³-hybridized carbons (Fsp3) is 0.409. The van der Waals surface area contributed by atoms with Gasteiger partial charge in [0.15, 0.2) is 0 Å². The fourth-order valence-corrected chi connectivity index (χ4v) is 5.02. The number of hydrogen-bond acceptors (Lipinski definition) is 3. The van der Waals surface area contributed by atoms with Gasteiger partial charge in [0.1, 0.15) is 0 Å². The summed E-state index contributed by atoms with van der Waals surface area (Å²) in [5.74, 6) is 0.295. The number of rotatable bonds is 6. The minimum atomic E-state index is -3.63. The zero-order valence-corrected chi connectivity index (χ0v) is 18.2. The molecule has 2 aromatic rings. The molecule has 2 aliphatic rings. The van der Waals surface area contributed by atoms with E-state index >= 15 is 0 Å². The molecule has 0 radical (unpaired) electrons. The highest BCUT2D eigenvalue weighted by atomic mass is 35.5. The molecule has 1 fully saturated rings. The first-order chi connectivity index (χ1) is 13.7. The Kier molecular flexibility index (Phi) is 5.21. The van der Waals surface area contributed by atoms with Crippen molar-refractivity contribution in [3.05, 3.63) is 58.6 Å². The average molecular weight is 433 g/mol. The van der Waals surface area contributed by atoms with Crippen molar-refractivity contribution in [1.82, 2.24) is 4.72 Å². The van der Waals surface area contributed by atoms with Crippen LogP contribution in [0.2, 0.25) is 5.02 Å². The summed E-state index contributed by atoms with van der Waals surface area (Å²) in [6.07, 6.45) is 2.49. The molecule has 1 aliphatic carbocycles. The Morgan fingerprint density at radius 2 is 1.86 bits per heavy atom. The molecule has 1 heterocycles. The van der Waals surface area contributed by atoms with Crippen molar-refractivity contribution in [3.8, 4) is 0 Å². The molecule has 4 rings (SSSR count). The van der Waals surface area contributed by atoms with Crippen LogP contribution in [0.5, 0.6) is 0 Å². The number of hydrogen-bond donors (Lipinski definition) is 1. The van der Waals surface area contributed by atoms with E-state index in [4.69, 9.17) is 11.6 Å². The van der Waals surface area contributed by atoms with Crippen LogP contribution in [-0.4, -0.2) is 27.4 Å². The third-order valence-corrected chi connectivity index (χ3v) is 7.37. The predicted octanol–water partition coefficient (Wildman–Crippen LogP) is 3.90. The topological polar surface area (TPSA) is 66.5 Å². The van der Waals surface area contributed by atoms with E-state index in [0.717, 1.165) is 29.7 Å². The van der Waals surface area contributed by atoms with Crippen LogP contribution in [0.1, 0.15) is 37.8 Å². The summed E-state index contributed by atoms with van der Waals surface area (Å²) in [6.45, 7) is 4.99. The summed E-state index contributed by atoms with van der Waals surface area (Å²) >= 11 is 5.88. The molecule has 29 heavy (non-hydrogen) atoms. The molecule has 1 saturated carbocycles. The van der Waals surface area contributed by atoms with Crippen LogP contribution in [0.3, 0.4) is 0 Å². The van der Waals surface area contributed by atoms with Crippen LogP contribution in [0.4, 0.5) is 5.69 Å². The van der Waals surface area contributed by atoms with Crippen molar-refractivity contribution >= 4 is 33.2 Å². The smallest absolute Gasteiger partial charge is 0.240 e. The first kappa shape index (κ1) is 20.4. The third-order valence-electron chi connectivity index (χ3n) is 5.66. The monoisotopic (exact) mass is 432 g/mol. The Balaban J connectivity index is 1.51. The number of carbonyl (C=O) groups is 1. The molecule has 7 heteroatoms. The Hall–Kier alpha value is -1.89. The predicted molar refractivity (Wildman–Crippen MR) is 115 cm³/mol. The van der Waals surface area contributed by atoms with Gasteiger partial charge in [0, 0.05) is 35.1 Å². The maximum Gasteiger partial charge on any atom is 0.240 e. The van der Waals surface area contributed by atoms with Crippen LogP contribution in [0, 0.1) is 5.92 Å². The lowest BCUT2D eigenvalue weighted by atomic mass is 9.87. The highest BCUT2D eigenvalue weighted by Crippen LogP contribution is 2.44. The molecular formula is C22H25ClN2O3S. The second-order valence-electron chi connectivity index (χ2n) is 8.54. The zero-order valence-electron chi connectivity index (χ0n) is 16.6. The molecular weight excluding hydrogens is 408 g/mol. The van der Waals surface area contributed by atoms with Crippen molar-refractivity contribution in [3.63, 3.8) is 0 Å². The Morgan fingerprint density at radius 1 is 1.17 bits per heavy atom. The first-order valence-corrected chi connectivity index (χ1v) is 11.7. The van der Waals surface area contributed by atoms with Crippen molar-refractivity contribution in [2.45, 2.75) is 43.4 Å². The molecule has 0 spiro atoms. The highest BCUT2D eigenvalue weighted by Gasteiger charge is 2.43. The lowest BCUT2D eigenvalue weighted by Gasteiger charge is -2.20. The lowest BCUT2D eigenvalue weighted by Crippen LogP contribution is -2.34. The molecule has 0 saturated heterocycles. The molecule has 1 aliphatic heterocycles. The van der Waals surface area contributed by atoms with Crippen molar-refractivity contribution in [2.24, 2.45) is 5.92 Å². The summed E-state index contributed by atoms with van der Waals surface area (Å²) in [5.41, 5.74) is 2.48. The number of sulfonamides is 1. The molecule has 2 aromatic carbocycles.